The number of hydrogen-bond donors (Lipinski definition) is 1. The predicted molar refractivity (Wildman–Crippen MR) is 72.4 cm³/mol. The van der Waals surface area contributed by atoms with Gasteiger partial charge < -0.3 is 10.2 Å². The molecule has 1 saturated heterocycles. The minimum Gasteiger partial charge on any atom is -0.351 e. The van der Waals surface area contributed by atoms with E-state index in [1.807, 2.05) is 4.90 Å². The van der Waals surface area contributed by atoms with Crippen molar-refractivity contribution in [1.82, 2.24) is 10.2 Å². The Kier molecular flexibility index (Phi) is 3.76. The molecule has 1 N–H and O–H groups in total. The molecule has 0 aromatic rings. The molecule has 3 rings (SSSR count). The zero-order chi connectivity index (χ0) is 13.2. The molecule has 2 amide bonds. The van der Waals surface area contributed by atoms with Crippen molar-refractivity contribution >= 4 is 11.8 Å². The summed E-state index contributed by atoms with van der Waals surface area (Å²) in [7, 11) is 0. The monoisotopic (exact) mass is 264 g/mol. The molecule has 3 aliphatic rings. The molecular formula is C15H24N2O2. The second-order valence-electron chi connectivity index (χ2n) is 6.39. The van der Waals surface area contributed by atoms with Gasteiger partial charge in [0.1, 0.15) is 0 Å². The third kappa shape index (κ3) is 2.77. The Morgan fingerprint density at radius 1 is 0.895 bits per heavy atom. The topological polar surface area (TPSA) is 49.4 Å². The highest BCUT2D eigenvalue weighted by Crippen LogP contribution is 2.30. The molecule has 0 aromatic carbocycles. The summed E-state index contributed by atoms with van der Waals surface area (Å²) in [4.78, 5) is 26.2. The van der Waals surface area contributed by atoms with Gasteiger partial charge in [-0.15, -0.1) is 0 Å². The Labute approximate surface area is 114 Å². The Balaban J connectivity index is 1.45. The van der Waals surface area contributed by atoms with Gasteiger partial charge in [-0.3, -0.25) is 9.59 Å². The van der Waals surface area contributed by atoms with Gasteiger partial charge in [0.2, 0.25) is 11.8 Å². The molecule has 2 saturated carbocycles. The van der Waals surface area contributed by atoms with Crippen LogP contribution in [0, 0.1) is 11.8 Å². The van der Waals surface area contributed by atoms with Crippen LogP contribution in [0.25, 0.3) is 0 Å². The summed E-state index contributed by atoms with van der Waals surface area (Å²) in [5.74, 6) is 1.06. The fourth-order valence-electron chi connectivity index (χ4n) is 3.50. The average Bonchev–Trinajstić information content (AvgIpc) is 2.97. The summed E-state index contributed by atoms with van der Waals surface area (Å²) in [5, 5.41) is 3.15. The van der Waals surface area contributed by atoms with E-state index in [9.17, 15) is 9.59 Å². The quantitative estimate of drug-likeness (QED) is 0.843. The first-order chi connectivity index (χ1) is 9.24. The van der Waals surface area contributed by atoms with Crippen LogP contribution in [0.5, 0.6) is 0 Å². The Morgan fingerprint density at radius 2 is 1.58 bits per heavy atom. The van der Waals surface area contributed by atoms with Crippen LogP contribution in [-0.2, 0) is 9.59 Å². The Bertz CT molecular complexity index is 359. The van der Waals surface area contributed by atoms with Crippen molar-refractivity contribution in [3.8, 4) is 0 Å². The lowest BCUT2D eigenvalue weighted by Gasteiger charge is -2.29. The standard InChI is InChI=1S/C15H24N2O2/c18-14(11-4-1-2-5-11)16-13-8-9-17(10-13)15(19)12-6-3-7-12/h11-13H,1-10H2,(H,16,18)/t13-/m1/s1. The molecule has 19 heavy (non-hydrogen) atoms. The van der Waals surface area contributed by atoms with E-state index in [4.69, 9.17) is 0 Å². The first kappa shape index (κ1) is 12.9. The maximum Gasteiger partial charge on any atom is 0.225 e. The van der Waals surface area contributed by atoms with Crippen LogP contribution in [0.4, 0.5) is 0 Å². The van der Waals surface area contributed by atoms with E-state index in [1.165, 1.54) is 19.3 Å². The largest absolute Gasteiger partial charge is 0.351 e. The average molecular weight is 264 g/mol. The summed E-state index contributed by atoms with van der Waals surface area (Å²) in [6.45, 7) is 1.55. The molecule has 1 aliphatic heterocycles. The maximum absolute atomic E-state index is 12.1. The number of carbonyl (C=O) groups excluding carboxylic acids is 2. The van der Waals surface area contributed by atoms with E-state index >= 15 is 0 Å². The first-order valence-corrected chi connectivity index (χ1v) is 7.83. The van der Waals surface area contributed by atoms with Crippen molar-refractivity contribution in [2.45, 2.75) is 57.4 Å². The fourth-order valence-corrected chi connectivity index (χ4v) is 3.50. The number of amides is 2. The summed E-state index contributed by atoms with van der Waals surface area (Å²) < 4.78 is 0. The third-order valence-corrected chi connectivity index (χ3v) is 5.03. The molecule has 1 heterocycles. The Morgan fingerprint density at radius 3 is 2.21 bits per heavy atom. The molecule has 4 nitrogen and oxygen atoms in total. The SMILES string of the molecule is O=C(N[C@@H]1CCN(C(=O)C2CCC2)C1)C1CCCC1. The minimum atomic E-state index is 0.192. The molecule has 2 aliphatic carbocycles. The van der Waals surface area contributed by atoms with Crippen LogP contribution in [0.2, 0.25) is 0 Å². The van der Waals surface area contributed by atoms with Crippen LogP contribution in [0.1, 0.15) is 51.4 Å². The van der Waals surface area contributed by atoms with Crippen molar-refractivity contribution in [3.63, 3.8) is 0 Å². The van der Waals surface area contributed by atoms with Gasteiger partial charge in [-0.25, -0.2) is 0 Å². The number of carbonyl (C=O) groups is 2. The van der Waals surface area contributed by atoms with E-state index in [0.717, 1.165) is 45.2 Å². The second kappa shape index (κ2) is 5.51. The molecule has 106 valence electrons. The molecular weight excluding hydrogens is 240 g/mol. The first-order valence-electron chi connectivity index (χ1n) is 7.83. The molecule has 4 heteroatoms. The maximum atomic E-state index is 12.1. The van der Waals surface area contributed by atoms with Crippen molar-refractivity contribution in [1.29, 1.82) is 0 Å². The van der Waals surface area contributed by atoms with Gasteiger partial charge in [-0.05, 0) is 32.1 Å². The molecule has 1 atom stereocenters. The molecule has 0 spiro atoms. The number of hydrogen-bond acceptors (Lipinski definition) is 2. The summed E-state index contributed by atoms with van der Waals surface area (Å²) in [6, 6.07) is 0.192. The van der Waals surface area contributed by atoms with Crippen LogP contribution >= 0.6 is 0 Å². The normalized spacial score (nSPS) is 28.4. The zero-order valence-corrected chi connectivity index (χ0v) is 11.6. The van der Waals surface area contributed by atoms with Gasteiger partial charge >= 0.3 is 0 Å². The number of rotatable bonds is 3. The van der Waals surface area contributed by atoms with Crippen LogP contribution in [0.15, 0.2) is 0 Å². The number of likely N-dealkylation sites (tertiary alicyclic amines) is 1. The molecule has 0 radical (unpaired) electrons. The number of nitrogens with zero attached hydrogens (tertiary/aromatic N) is 1. The smallest absolute Gasteiger partial charge is 0.225 e. The molecule has 0 unspecified atom stereocenters. The van der Waals surface area contributed by atoms with Gasteiger partial charge in [0.15, 0.2) is 0 Å². The van der Waals surface area contributed by atoms with E-state index in [0.29, 0.717) is 5.91 Å². The lowest BCUT2D eigenvalue weighted by Crippen LogP contribution is -2.42. The highest BCUT2D eigenvalue weighted by Gasteiger charge is 2.34. The van der Waals surface area contributed by atoms with Crippen molar-refractivity contribution in [3.05, 3.63) is 0 Å². The van der Waals surface area contributed by atoms with Crippen LogP contribution < -0.4 is 5.32 Å². The van der Waals surface area contributed by atoms with E-state index in [1.54, 1.807) is 0 Å². The van der Waals surface area contributed by atoms with Gasteiger partial charge in [-0.2, -0.15) is 0 Å². The summed E-state index contributed by atoms with van der Waals surface area (Å²) in [6.07, 6.45) is 8.72. The van der Waals surface area contributed by atoms with Gasteiger partial charge in [-0.1, -0.05) is 19.3 Å². The second-order valence-corrected chi connectivity index (χ2v) is 6.39. The number of nitrogens with one attached hydrogen (secondary N) is 1. The van der Waals surface area contributed by atoms with Gasteiger partial charge in [0, 0.05) is 31.0 Å². The predicted octanol–water partition coefficient (Wildman–Crippen LogP) is 1.69. The fraction of sp³-hybridized carbons (Fsp3) is 0.867. The van der Waals surface area contributed by atoms with E-state index in [-0.39, 0.29) is 23.8 Å². The van der Waals surface area contributed by atoms with Gasteiger partial charge in [0.05, 0.1) is 0 Å². The zero-order valence-electron chi connectivity index (χ0n) is 11.6. The van der Waals surface area contributed by atoms with Crippen molar-refractivity contribution in [2.75, 3.05) is 13.1 Å². The van der Waals surface area contributed by atoms with Crippen LogP contribution in [-0.4, -0.2) is 35.8 Å². The lowest BCUT2D eigenvalue weighted by atomic mass is 9.84. The summed E-state index contributed by atoms with van der Waals surface area (Å²) in [5.41, 5.74) is 0. The molecule has 0 bridgehead atoms. The lowest BCUT2D eigenvalue weighted by molar-refractivity contribution is -0.137. The van der Waals surface area contributed by atoms with Crippen molar-refractivity contribution < 1.29 is 9.59 Å². The van der Waals surface area contributed by atoms with Crippen LogP contribution in [0.3, 0.4) is 0 Å². The highest BCUT2D eigenvalue weighted by molar-refractivity contribution is 5.81. The minimum absolute atomic E-state index is 0.192. The van der Waals surface area contributed by atoms with E-state index in [2.05, 4.69) is 5.32 Å². The summed E-state index contributed by atoms with van der Waals surface area (Å²) >= 11 is 0. The molecule has 0 aromatic heterocycles. The van der Waals surface area contributed by atoms with E-state index < -0.39 is 0 Å². The van der Waals surface area contributed by atoms with Crippen molar-refractivity contribution in [2.24, 2.45) is 11.8 Å². The third-order valence-electron chi connectivity index (χ3n) is 5.03. The Hall–Kier alpha value is -1.06. The van der Waals surface area contributed by atoms with Gasteiger partial charge in [0.25, 0.3) is 0 Å². The molecule has 3 fully saturated rings. The highest BCUT2D eigenvalue weighted by atomic mass is 16.2.